The fraction of sp³-hybridized carbons (Fsp3) is 0.333. The Labute approximate surface area is 247 Å². The van der Waals surface area contributed by atoms with Crippen molar-refractivity contribution in [2.24, 2.45) is 11.8 Å². The van der Waals surface area contributed by atoms with Crippen molar-refractivity contribution in [2.75, 3.05) is 4.90 Å². The number of nitrogens with zero attached hydrogens (tertiary/aromatic N) is 3. The molecule has 7 nitrogen and oxygen atoms in total. The molecule has 3 aliphatic heterocycles. The zero-order valence-corrected chi connectivity index (χ0v) is 23.5. The smallest absolute Gasteiger partial charge is 0.300 e. The van der Waals surface area contributed by atoms with E-state index in [-0.39, 0.29) is 24.1 Å². The molecule has 214 valence electrons. The van der Waals surface area contributed by atoms with E-state index >= 15 is 0 Å². The fourth-order valence-corrected chi connectivity index (χ4v) is 7.93. The number of carbonyl (C=O) groups excluding carboxylic acids is 4. The molecule has 0 spiro atoms. The number of urea groups is 1. The first kappa shape index (κ1) is 26.8. The molecular weight excluding hydrogens is 557 g/mol. The van der Waals surface area contributed by atoms with Crippen LogP contribution in [0.1, 0.15) is 49.3 Å². The molecule has 3 saturated heterocycles. The number of imide groups is 2. The maximum atomic E-state index is 14.8. The van der Waals surface area contributed by atoms with Crippen LogP contribution >= 0.6 is 11.6 Å². The molecule has 3 unspecified atom stereocenters. The van der Waals surface area contributed by atoms with Gasteiger partial charge < -0.3 is 4.90 Å². The van der Waals surface area contributed by atoms with Gasteiger partial charge in [0.05, 0.1) is 23.6 Å². The fourth-order valence-electron chi connectivity index (χ4n) is 7.74. The summed E-state index contributed by atoms with van der Waals surface area (Å²) in [5.74, 6) is -3.86. The quantitative estimate of drug-likeness (QED) is 0.275. The molecule has 0 N–H and O–H groups in total. The van der Waals surface area contributed by atoms with Crippen molar-refractivity contribution in [1.82, 2.24) is 9.80 Å². The van der Waals surface area contributed by atoms with Gasteiger partial charge in [0, 0.05) is 17.5 Å². The van der Waals surface area contributed by atoms with Gasteiger partial charge in [0.15, 0.2) is 0 Å². The summed E-state index contributed by atoms with van der Waals surface area (Å²) in [6.07, 6.45) is 4.36. The zero-order valence-electron chi connectivity index (χ0n) is 22.8. The number of anilines is 1. The van der Waals surface area contributed by atoms with Crippen molar-refractivity contribution >= 4 is 41.0 Å². The van der Waals surface area contributed by atoms with Crippen molar-refractivity contribution in [2.45, 2.75) is 56.1 Å². The Morgan fingerprint density at radius 3 is 2.24 bits per heavy atom. The average Bonchev–Trinajstić information content (AvgIpc) is 3.52. The van der Waals surface area contributed by atoms with Gasteiger partial charge in [-0.2, -0.15) is 0 Å². The first-order chi connectivity index (χ1) is 20.3. The highest BCUT2D eigenvalue weighted by atomic mass is 35.5. The Balaban J connectivity index is 1.45. The van der Waals surface area contributed by atoms with Crippen molar-refractivity contribution in [3.63, 3.8) is 0 Å². The summed E-state index contributed by atoms with van der Waals surface area (Å²) < 4.78 is 14.1. The molecule has 3 aromatic carbocycles. The van der Waals surface area contributed by atoms with E-state index in [2.05, 4.69) is 0 Å². The number of halogens is 2. The largest absolute Gasteiger partial charge is 0.332 e. The van der Waals surface area contributed by atoms with Gasteiger partial charge in [-0.05, 0) is 54.3 Å². The van der Waals surface area contributed by atoms with Crippen LogP contribution in [0.3, 0.4) is 0 Å². The molecule has 5 amide bonds. The molecule has 7 rings (SSSR count). The van der Waals surface area contributed by atoms with Gasteiger partial charge in [-0.3, -0.25) is 19.3 Å². The second kappa shape index (κ2) is 10.1. The molecule has 3 heterocycles. The number of likely N-dealkylation sites (tertiary alicyclic amines) is 1. The number of hydrogen-bond donors (Lipinski definition) is 0. The first-order valence-corrected chi connectivity index (χ1v) is 14.8. The predicted octanol–water partition coefficient (Wildman–Crippen LogP) is 5.92. The summed E-state index contributed by atoms with van der Waals surface area (Å²) >= 11 is 6.28. The van der Waals surface area contributed by atoms with Gasteiger partial charge in [0.2, 0.25) is 11.8 Å². The van der Waals surface area contributed by atoms with Gasteiger partial charge in [-0.1, -0.05) is 79.4 Å². The third-order valence-corrected chi connectivity index (χ3v) is 9.69. The molecule has 9 heteroatoms. The molecule has 0 bridgehead atoms. The first-order valence-electron chi connectivity index (χ1n) is 14.4. The zero-order chi connectivity index (χ0) is 29.2. The number of amides is 5. The number of benzene rings is 3. The summed E-state index contributed by atoms with van der Waals surface area (Å²) in [4.78, 5) is 62.1. The van der Waals surface area contributed by atoms with Crippen molar-refractivity contribution in [3.8, 4) is 0 Å². The molecule has 1 saturated carbocycles. The molecule has 4 fully saturated rings. The van der Waals surface area contributed by atoms with Gasteiger partial charge in [-0.25, -0.2) is 14.1 Å². The van der Waals surface area contributed by atoms with E-state index < -0.39 is 47.1 Å². The number of carbonyl (C=O) groups is 4. The minimum atomic E-state index is -1.67. The maximum Gasteiger partial charge on any atom is 0.332 e. The highest BCUT2D eigenvalue weighted by molar-refractivity contribution is 6.32. The Bertz CT molecular complexity index is 1590. The van der Waals surface area contributed by atoms with Crippen LogP contribution in [0.15, 0.2) is 78.9 Å². The average molecular weight is 586 g/mol. The third kappa shape index (κ3) is 3.84. The predicted molar refractivity (Wildman–Crippen MR) is 154 cm³/mol. The summed E-state index contributed by atoms with van der Waals surface area (Å²) in [7, 11) is 0. The molecule has 4 aliphatic rings. The van der Waals surface area contributed by atoms with E-state index in [4.69, 9.17) is 11.6 Å². The monoisotopic (exact) mass is 585 g/mol. The molecule has 42 heavy (non-hydrogen) atoms. The third-order valence-electron chi connectivity index (χ3n) is 9.45. The lowest BCUT2D eigenvalue weighted by atomic mass is 9.75. The maximum absolute atomic E-state index is 14.8. The van der Waals surface area contributed by atoms with Crippen LogP contribution in [0.5, 0.6) is 0 Å². The SMILES string of the molecule is O=C1C2C(c3ccc(F)cc3)N3C(=O)N(c4cccc(Cl)c4)C(=O)[C@@]3(Cc3ccccc3)C2C(=O)N1C1CCCCC1. The highest BCUT2D eigenvalue weighted by Crippen LogP contribution is 2.60. The molecule has 0 aromatic heterocycles. The van der Waals surface area contributed by atoms with Crippen molar-refractivity contribution < 1.29 is 23.6 Å². The van der Waals surface area contributed by atoms with E-state index in [1.165, 1.54) is 40.1 Å². The number of fused-ring (bicyclic) bond motifs is 3. The van der Waals surface area contributed by atoms with Crippen LogP contribution in [-0.2, 0) is 20.8 Å². The molecule has 3 aromatic rings. The summed E-state index contributed by atoms with van der Waals surface area (Å²) in [5, 5.41) is 0.348. The summed E-state index contributed by atoms with van der Waals surface area (Å²) in [6, 6.07) is 19.5. The lowest BCUT2D eigenvalue weighted by Crippen LogP contribution is -2.56. The standard InChI is InChI=1S/C33H29ClFN3O4/c34-22-10-7-13-25(18-22)37-31(41)33(19-20-8-3-1-4-9-20)27-26(29(39)36(30(27)40)24-11-5-2-6-12-24)28(38(33)32(37)42)21-14-16-23(35)17-15-21/h1,3-4,7-10,13-18,24,26-28H,2,5-6,11-12,19H2/t26?,27?,28?,33-/m1/s1. The molecule has 1 aliphatic carbocycles. The van der Waals surface area contributed by atoms with Crippen molar-refractivity contribution in [1.29, 1.82) is 0 Å². The highest BCUT2D eigenvalue weighted by Gasteiger charge is 2.77. The Morgan fingerprint density at radius 2 is 1.55 bits per heavy atom. The summed E-state index contributed by atoms with van der Waals surface area (Å²) in [6.45, 7) is 0. The molecule has 4 atom stereocenters. The minimum Gasteiger partial charge on any atom is -0.300 e. The second-order valence-electron chi connectivity index (χ2n) is 11.7. The normalized spacial score (nSPS) is 27.7. The Morgan fingerprint density at radius 1 is 0.833 bits per heavy atom. The van der Waals surface area contributed by atoms with E-state index in [1.54, 1.807) is 18.2 Å². The number of rotatable bonds is 5. The van der Waals surface area contributed by atoms with E-state index in [0.717, 1.165) is 42.6 Å². The Kier molecular flexibility index (Phi) is 6.42. The Hall–Kier alpha value is -4.04. The van der Waals surface area contributed by atoms with Crippen LogP contribution in [0.4, 0.5) is 14.9 Å². The number of hydrogen-bond acceptors (Lipinski definition) is 4. The molecule has 0 radical (unpaired) electrons. The topological polar surface area (TPSA) is 78.0 Å². The van der Waals surface area contributed by atoms with E-state index in [0.29, 0.717) is 10.6 Å². The lowest BCUT2D eigenvalue weighted by molar-refractivity contribution is -0.147. The second-order valence-corrected chi connectivity index (χ2v) is 12.1. The van der Waals surface area contributed by atoms with E-state index in [9.17, 15) is 23.6 Å². The van der Waals surface area contributed by atoms with Crippen LogP contribution in [-0.4, -0.2) is 45.1 Å². The van der Waals surface area contributed by atoms with Crippen LogP contribution < -0.4 is 4.90 Å². The summed E-state index contributed by atoms with van der Waals surface area (Å²) in [5.41, 5.74) is -0.121. The van der Waals surface area contributed by atoms with Gasteiger partial charge >= 0.3 is 6.03 Å². The van der Waals surface area contributed by atoms with Crippen LogP contribution in [0.25, 0.3) is 0 Å². The van der Waals surface area contributed by atoms with Gasteiger partial charge in [-0.15, -0.1) is 0 Å². The van der Waals surface area contributed by atoms with Crippen molar-refractivity contribution in [3.05, 3.63) is 101 Å². The van der Waals surface area contributed by atoms with Crippen LogP contribution in [0, 0.1) is 17.7 Å². The van der Waals surface area contributed by atoms with E-state index in [1.807, 2.05) is 30.3 Å². The van der Waals surface area contributed by atoms with Gasteiger partial charge in [0.1, 0.15) is 11.4 Å². The minimum absolute atomic E-state index is 0.0475. The van der Waals surface area contributed by atoms with Crippen LogP contribution in [0.2, 0.25) is 5.02 Å². The van der Waals surface area contributed by atoms with Gasteiger partial charge in [0.25, 0.3) is 5.91 Å². The molecular formula is C33H29ClFN3O4. The lowest BCUT2D eigenvalue weighted by Gasteiger charge is -2.37.